The minimum atomic E-state index is -3.63. The van der Waals surface area contributed by atoms with Gasteiger partial charge in [0.1, 0.15) is 16.4 Å². The number of piperidine rings is 1. The van der Waals surface area contributed by atoms with E-state index in [-0.39, 0.29) is 16.7 Å². The molecule has 0 radical (unpaired) electrons. The van der Waals surface area contributed by atoms with Gasteiger partial charge in [0.25, 0.3) is 0 Å². The zero-order valence-corrected chi connectivity index (χ0v) is 15.3. The summed E-state index contributed by atoms with van der Waals surface area (Å²) in [6.07, 6.45) is 1.60. The molecule has 1 aromatic rings. The highest BCUT2D eigenvalue weighted by Crippen LogP contribution is 2.37. The van der Waals surface area contributed by atoms with E-state index in [9.17, 15) is 8.42 Å². The Bertz CT molecular complexity index is 630. The molecule has 1 N–H and O–H groups in total. The van der Waals surface area contributed by atoms with Gasteiger partial charge in [0.2, 0.25) is 10.0 Å². The van der Waals surface area contributed by atoms with Crippen molar-refractivity contribution < 1.29 is 17.9 Å². The Balaban J connectivity index is 2.41. The second-order valence-corrected chi connectivity index (χ2v) is 7.96. The first-order valence-electron chi connectivity index (χ1n) is 7.02. The van der Waals surface area contributed by atoms with Gasteiger partial charge in [-0.05, 0) is 47.9 Å². The van der Waals surface area contributed by atoms with Gasteiger partial charge in [-0.3, -0.25) is 0 Å². The van der Waals surface area contributed by atoms with Gasteiger partial charge in [-0.2, -0.15) is 4.31 Å². The van der Waals surface area contributed by atoms with Crippen LogP contribution < -0.4 is 14.8 Å². The number of nitrogens with zero attached hydrogens (tertiary/aromatic N) is 1. The number of sulfonamides is 1. The molecule has 1 aliphatic heterocycles. The highest BCUT2D eigenvalue weighted by atomic mass is 79.9. The Morgan fingerprint density at radius 1 is 1.18 bits per heavy atom. The van der Waals surface area contributed by atoms with E-state index in [2.05, 4.69) is 21.2 Å². The van der Waals surface area contributed by atoms with Crippen LogP contribution in [-0.2, 0) is 10.0 Å². The number of rotatable bonds is 5. The van der Waals surface area contributed by atoms with Gasteiger partial charge in [-0.1, -0.05) is 0 Å². The fourth-order valence-electron chi connectivity index (χ4n) is 2.56. The van der Waals surface area contributed by atoms with Gasteiger partial charge < -0.3 is 14.8 Å². The molecule has 0 unspecified atom stereocenters. The van der Waals surface area contributed by atoms with Crippen LogP contribution >= 0.6 is 15.9 Å². The highest BCUT2D eigenvalue weighted by molar-refractivity contribution is 9.10. The van der Waals surface area contributed by atoms with Crippen molar-refractivity contribution in [1.29, 1.82) is 0 Å². The fourth-order valence-corrected chi connectivity index (χ4v) is 4.79. The third kappa shape index (κ3) is 3.40. The second kappa shape index (κ2) is 7.16. The van der Waals surface area contributed by atoms with Crippen molar-refractivity contribution in [2.45, 2.75) is 23.8 Å². The molecule has 0 aliphatic carbocycles. The Hall–Kier alpha value is -0.830. The van der Waals surface area contributed by atoms with Crippen LogP contribution in [-0.4, -0.2) is 53.1 Å². The lowest BCUT2D eigenvalue weighted by Crippen LogP contribution is -2.43. The SMILES string of the molecule is COc1cc(OC)c(S(=O)(=O)N(C)C2CCNCC2)cc1Br. The summed E-state index contributed by atoms with van der Waals surface area (Å²) in [7, 11) is 0.967. The van der Waals surface area contributed by atoms with Crippen molar-refractivity contribution in [1.82, 2.24) is 9.62 Å². The van der Waals surface area contributed by atoms with Crippen molar-refractivity contribution >= 4 is 26.0 Å². The Morgan fingerprint density at radius 2 is 1.77 bits per heavy atom. The van der Waals surface area contributed by atoms with E-state index < -0.39 is 10.0 Å². The number of halogens is 1. The zero-order valence-electron chi connectivity index (χ0n) is 12.9. The van der Waals surface area contributed by atoms with Gasteiger partial charge in [0.15, 0.2) is 0 Å². The third-order valence-electron chi connectivity index (χ3n) is 3.92. The first-order valence-corrected chi connectivity index (χ1v) is 9.25. The number of nitrogens with one attached hydrogen (secondary N) is 1. The molecule has 1 aliphatic rings. The van der Waals surface area contributed by atoms with E-state index >= 15 is 0 Å². The van der Waals surface area contributed by atoms with Crippen LogP contribution in [0.15, 0.2) is 21.5 Å². The predicted molar refractivity (Wildman–Crippen MR) is 88.1 cm³/mol. The molecule has 1 saturated heterocycles. The Morgan fingerprint density at radius 3 is 2.32 bits per heavy atom. The molecule has 1 heterocycles. The van der Waals surface area contributed by atoms with Crippen molar-refractivity contribution in [2.24, 2.45) is 0 Å². The van der Waals surface area contributed by atoms with E-state index in [0.29, 0.717) is 10.2 Å². The van der Waals surface area contributed by atoms with Crippen molar-refractivity contribution in [2.75, 3.05) is 34.4 Å². The fraction of sp³-hybridized carbons (Fsp3) is 0.571. The number of hydrogen-bond acceptors (Lipinski definition) is 5. The first kappa shape index (κ1) is 17.5. The monoisotopic (exact) mass is 392 g/mol. The number of methoxy groups -OCH3 is 2. The molecule has 0 bridgehead atoms. The molecule has 0 saturated carbocycles. The molecule has 0 amide bonds. The Kier molecular flexibility index (Phi) is 5.70. The summed E-state index contributed by atoms with van der Waals surface area (Å²) < 4.78 is 38.3. The molecule has 1 aromatic carbocycles. The van der Waals surface area contributed by atoms with Crippen LogP contribution in [0.25, 0.3) is 0 Å². The van der Waals surface area contributed by atoms with Crippen molar-refractivity contribution in [3.05, 3.63) is 16.6 Å². The van der Waals surface area contributed by atoms with E-state index in [0.717, 1.165) is 25.9 Å². The lowest BCUT2D eigenvalue weighted by molar-refractivity contribution is 0.295. The summed E-state index contributed by atoms with van der Waals surface area (Å²) in [6, 6.07) is 3.11. The minimum Gasteiger partial charge on any atom is -0.495 e. The molecule has 2 rings (SSSR count). The lowest BCUT2D eigenvalue weighted by Gasteiger charge is -2.31. The van der Waals surface area contributed by atoms with Crippen LogP contribution in [0.2, 0.25) is 0 Å². The van der Waals surface area contributed by atoms with Crippen LogP contribution in [0.3, 0.4) is 0 Å². The normalized spacial score (nSPS) is 16.8. The topological polar surface area (TPSA) is 67.9 Å². The smallest absolute Gasteiger partial charge is 0.246 e. The van der Waals surface area contributed by atoms with Crippen LogP contribution in [0.5, 0.6) is 11.5 Å². The van der Waals surface area contributed by atoms with Gasteiger partial charge in [-0.15, -0.1) is 0 Å². The maximum absolute atomic E-state index is 12.9. The summed E-state index contributed by atoms with van der Waals surface area (Å²) in [5.74, 6) is 0.807. The van der Waals surface area contributed by atoms with E-state index in [1.165, 1.54) is 24.6 Å². The maximum Gasteiger partial charge on any atom is 0.246 e. The molecule has 22 heavy (non-hydrogen) atoms. The molecule has 0 aromatic heterocycles. The summed E-state index contributed by atoms with van der Waals surface area (Å²) in [5, 5.41) is 3.24. The molecule has 8 heteroatoms. The maximum atomic E-state index is 12.9. The van der Waals surface area contributed by atoms with Gasteiger partial charge in [-0.25, -0.2) is 8.42 Å². The van der Waals surface area contributed by atoms with Gasteiger partial charge in [0.05, 0.1) is 18.7 Å². The average Bonchev–Trinajstić information content (AvgIpc) is 2.54. The minimum absolute atomic E-state index is 0.00293. The summed E-state index contributed by atoms with van der Waals surface area (Å²) in [4.78, 5) is 0.142. The molecule has 0 spiro atoms. The summed E-state index contributed by atoms with van der Waals surface area (Å²) in [6.45, 7) is 1.65. The van der Waals surface area contributed by atoms with Crippen LogP contribution in [0.1, 0.15) is 12.8 Å². The van der Waals surface area contributed by atoms with Crippen LogP contribution in [0.4, 0.5) is 0 Å². The summed E-state index contributed by atoms with van der Waals surface area (Å²) in [5.41, 5.74) is 0. The number of ether oxygens (including phenoxy) is 2. The first-order chi connectivity index (χ1) is 10.4. The number of benzene rings is 1. The van der Waals surface area contributed by atoms with E-state index in [4.69, 9.17) is 9.47 Å². The van der Waals surface area contributed by atoms with E-state index in [1.807, 2.05) is 0 Å². The molecule has 1 fully saturated rings. The standard InChI is InChI=1S/C14H21BrN2O4S/c1-17(10-4-6-16-7-5-10)22(18,19)14-8-11(15)12(20-2)9-13(14)21-3/h8-10,16H,4-7H2,1-3H3. The predicted octanol–water partition coefficient (Wildman–Crippen LogP) is 1.84. The van der Waals surface area contributed by atoms with Gasteiger partial charge >= 0.3 is 0 Å². The largest absolute Gasteiger partial charge is 0.495 e. The second-order valence-electron chi connectivity index (χ2n) is 5.14. The highest BCUT2D eigenvalue weighted by Gasteiger charge is 2.32. The average molecular weight is 393 g/mol. The molecule has 124 valence electrons. The molecular weight excluding hydrogens is 372 g/mol. The molecule has 0 atom stereocenters. The lowest BCUT2D eigenvalue weighted by atomic mass is 10.1. The zero-order chi connectivity index (χ0) is 16.3. The molecule has 6 nitrogen and oxygen atoms in total. The van der Waals surface area contributed by atoms with Crippen molar-refractivity contribution in [3.8, 4) is 11.5 Å². The van der Waals surface area contributed by atoms with E-state index in [1.54, 1.807) is 13.1 Å². The summed E-state index contributed by atoms with van der Waals surface area (Å²) >= 11 is 3.33. The third-order valence-corrected chi connectivity index (χ3v) is 6.47. The number of hydrogen-bond donors (Lipinski definition) is 1. The Labute approximate surface area is 140 Å². The van der Waals surface area contributed by atoms with Crippen LogP contribution in [0, 0.1) is 0 Å². The van der Waals surface area contributed by atoms with Gasteiger partial charge in [0, 0.05) is 19.2 Å². The quantitative estimate of drug-likeness (QED) is 0.827. The van der Waals surface area contributed by atoms with Crippen molar-refractivity contribution in [3.63, 3.8) is 0 Å². The molecular formula is C14H21BrN2O4S.